The van der Waals surface area contributed by atoms with Crippen molar-refractivity contribution in [2.45, 2.75) is 205 Å². The van der Waals surface area contributed by atoms with Crippen LogP contribution in [0.1, 0.15) is 207 Å². The van der Waals surface area contributed by atoms with Gasteiger partial charge in [-0.2, -0.15) is 0 Å². The molecule has 0 N–H and O–H groups in total. The predicted octanol–water partition coefficient (Wildman–Crippen LogP) is 18.7. The van der Waals surface area contributed by atoms with Crippen LogP contribution in [0.15, 0.2) is 91.0 Å². The summed E-state index contributed by atoms with van der Waals surface area (Å²) in [6, 6.07) is 36.2. The molecule has 4 aliphatic rings. The molecule has 0 saturated heterocycles. The smallest absolute Gasteiger partial charge is 0.0497 e. The van der Waals surface area contributed by atoms with Gasteiger partial charge in [-0.15, -0.1) is 0 Å². The molecule has 0 fully saturated rings. The van der Waals surface area contributed by atoms with Crippen LogP contribution < -0.4 is 9.80 Å². The second kappa shape index (κ2) is 15.0. The molecule has 0 unspecified atom stereocenters. The lowest BCUT2D eigenvalue weighted by Crippen LogP contribution is -2.34. The number of anilines is 6. The Morgan fingerprint density at radius 2 is 0.462 bits per heavy atom. The zero-order valence-corrected chi connectivity index (χ0v) is 43.8. The number of nitrogens with zero attached hydrogens (tertiary/aromatic N) is 2. The van der Waals surface area contributed by atoms with Gasteiger partial charge in [0.15, 0.2) is 0 Å². The highest BCUT2D eigenvalue weighted by Gasteiger charge is 2.42. The fourth-order valence-corrected chi connectivity index (χ4v) is 12.8. The van der Waals surface area contributed by atoms with Crippen molar-refractivity contribution in [3.8, 4) is 0 Å². The Morgan fingerprint density at radius 3 is 0.677 bits per heavy atom. The highest BCUT2D eigenvalue weighted by Crippen LogP contribution is 2.54. The predicted molar refractivity (Wildman–Crippen MR) is 282 cm³/mol. The highest BCUT2D eigenvalue weighted by atomic mass is 35.5. The Kier molecular flexibility index (Phi) is 10.6. The van der Waals surface area contributed by atoms with E-state index in [1.807, 2.05) is 0 Å². The first-order chi connectivity index (χ1) is 30.0. The van der Waals surface area contributed by atoms with Crippen molar-refractivity contribution in [3.63, 3.8) is 0 Å². The number of benzene rings is 5. The van der Waals surface area contributed by atoms with Crippen LogP contribution in [0.4, 0.5) is 34.1 Å². The van der Waals surface area contributed by atoms with Crippen molar-refractivity contribution < 1.29 is 0 Å². The number of halogens is 1. The summed E-state index contributed by atoms with van der Waals surface area (Å²) in [5, 5.41) is 0.727. The fourth-order valence-electron chi connectivity index (χ4n) is 12.6. The summed E-state index contributed by atoms with van der Waals surface area (Å²) in [5.41, 5.74) is 19.3. The van der Waals surface area contributed by atoms with E-state index in [1.165, 1.54) is 119 Å². The molecule has 0 aliphatic heterocycles. The van der Waals surface area contributed by atoms with Crippen molar-refractivity contribution in [2.75, 3.05) is 9.80 Å². The van der Waals surface area contributed by atoms with E-state index in [0.29, 0.717) is 0 Å². The third-order valence-electron chi connectivity index (χ3n) is 17.8. The SMILES string of the molecule is CC1(C)CCC(C)(C)c2cc(N(c3cc(Cl)cc(N(c4ccc5c(c4)C(C)(C)CCC5(C)C)c4ccc5c(c4)C(C)(C)CCC5(C)C)c3)c3ccc4c(c3)C(C)(C)CCC4(C)C)ccc21. The van der Waals surface area contributed by atoms with Crippen LogP contribution in [0.5, 0.6) is 0 Å². The van der Waals surface area contributed by atoms with E-state index in [1.54, 1.807) is 0 Å². The van der Waals surface area contributed by atoms with Crippen molar-refractivity contribution in [1.82, 2.24) is 0 Å². The number of fused-ring (bicyclic) bond motifs is 4. The summed E-state index contributed by atoms with van der Waals surface area (Å²) in [4.78, 5) is 5.03. The standard InChI is InChI=1S/C62H79ClN2/c1-55(2)25-29-59(9,10)51-36-41(17-21-47(51)55)64(42-18-22-48-52(37-42)60(11,12)30-26-56(48,3)4)45-33-40(63)34-46(35-45)65(43-19-23-49-53(38-43)61(13,14)31-27-57(49,5)6)44-20-24-50-54(39-44)62(15,16)32-28-58(50,7)8/h17-24,33-39H,25-32H2,1-16H3. The van der Waals surface area contributed by atoms with Crippen LogP contribution in [0.3, 0.4) is 0 Å². The van der Waals surface area contributed by atoms with Gasteiger partial charge in [0.2, 0.25) is 0 Å². The molecule has 4 aliphatic carbocycles. The van der Waals surface area contributed by atoms with E-state index in [4.69, 9.17) is 11.6 Å². The number of hydrogen-bond donors (Lipinski definition) is 0. The van der Waals surface area contributed by atoms with Gasteiger partial charge < -0.3 is 9.80 Å². The minimum absolute atomic E-state index is 0.0638. The Hall–Kier alpha value is -4.01. The van der Waals surface area contributed by atoms with Crippen molar-refractivity contribution in [2.24, 2.45) is 0 Å². The maximum absolute atomic E-state index is 7.53. The average Bonchev–Trinajstić information content (AvgIpc) is 3.22. The van der Waals surface area contributed by atoms with Crippen molar-refractivity contribution >= 4 is 45.7 Å². The van der Waals surface area contributed by atoms with E-state index in [-0.39, 0.29) is 43.3 Å². The first kappa shape index (κ1) is 46.1. The van der Waals surface area contributed by atoms with Crippen LogP contribution in [-0.2, 0) is 43.3 Å². The third-order valence-corrected chi connectivity index (χ3v) is 18.0. The van der Waals surface area contributed by atoms with Gasteiger partial charge in [-0.05, 0) is 206 Å². The number of rotatable bonds is 6. The topological polar surface area (TPSA) is 6.48 Å². The molecule has 0 bridgehead atoms. The van der Waals surface area contributed by atoms with E-state index in [2.05, 4.69) is 212 Å². The van der Waals surface area contributed by atoms with Gasteiger partial charge in [-0.3, -0.25) is 0 Å². The molecule has 0 amide bonds. The Labute approximate surface area is 399 Å². The molecule has 5 aromatic carbocycles. The van der Waals surface area contributed by atoms with Crippen molar-refractivity contribution in [3.05, 3.63) is 141 Å². The van der Waals surface area contributed by atoms with Crippen molar-refractivity contribution in [1.29, 1.82) is 0 Å². The molecule has 2 nitrogen and oxygen atoms in total. The van der Waals surface area contributed by atoms with Gasteiger partial charge in [0.05, 0.1) is 0 Å². The summed E-state index contributed by atoms with van der Waals surface area (Å²) in [6.45, 7) is 38.9. The molecule has 0 atom stereocenters. The lowest BCUT2D eigenvalue weighted by atomic mass is 9.63. The molecule has 0 spiro atoms. The molecule has 0 saturated carbocycles. The van der Waals surface area contributed by atoms with E-state index >= 15 is 0 Å². The second-order valence-electron chi connectivity index (χ2n) is 26.3. The Bertz CT molecular complexity index is 2360. The number of hydrogen-bond acceptors (Lipinski definition) is 2. The first-order valence-electron chi connectivity index (χ1n) is 25.0. The molecular weight excluding hydrogens is 808 g/mol. The average molecular weight is 888 g/mol. The Balaban J connectivity index is 1.30. The summed E-state index contributed by atoms with van der Waals surface area (Å²) >= 11 is 7.53. The quantitative estimate of drug-likeness (QED) is 0.168. The molecule has 9 rings (SSSR count). The molecule has 0 heterocycles. The van der Waals surface area contributed by atoms with Gasteiger partial charge in [-0.1, -0.05) is 147 Å². The third kappa shape index (κ3) is 7.88. The van der Waals surface area contributed by atoms with Crippen LogP contribution in [0, 0.1) is 0 Å². The highest BCUT2D eigenvalue weighted by molar-refractivity contribution is 6.31. The molecule has 344 valence electrons. The lowest BCUT2D eigenvalue weighted by Gasteiger charge is -2.44. The maximum Gasteiger partial charge on any atom is 0.0497 e. The van der Waals surface area contributed by atoms with Gasteiger partial charge in [0, 0.05) is 39.1 Å². The molecule has 65 heavy (non-hydrogen) atoms. The van der Waals surface area contributed by atoms with Gasteiger partial charge >= 0.3 is 0 Å². The summed E-state index contributed by atoms with van der Waals surface area (Å²) in [5.74, 6) is 0. The van der Waals surface area contributed by atoms with Crippen LogP contribution in [0.2, 0.25) is 5.02 Å². The fraction of sp³-hybridized carbons (Fsp3) is 0.516. The molecular formula is C62H79ClN2. The lowest BCUT2D eigenvalue weighted by molar-refractivity contribution is 0.332. The minimum Gasteiger partial charge on any atom is -0.310 e. The van der Waals surface area contributed by atoms with Crippen LogP contribution >= 0.6 is 11.6 Å². The Morgan fingerprint density at radius 1 is 0.262 bits per heavy atom. The second-order valence-corrected chi connectivity index (χ2v) is 26.8. The first-order valence-corrected chi connectivity index (χ1v) is 25.4. The molecule has 3 heteroatoms. The van der Waals surface area contributed by atoms with Gasteiger partial charge in [0.25, 0.3) is 0 Å². The molecule has 0 radical (unpaired) electrons. The minimum atomic E-state index is 0.0638. The maximum atomic E-state index is 7.53. The zero-order valence-electron chi connectivity index (χ0n) is 43.1. The summed E-state index contributed by atoms with van der Waals surface area (Å²) in [6.07, 6.45) is 9.41. The van der Waals surface area contributed by atoms with Crippen LogP contribution in [-0.4, -0.2) is 0 Å². The molecule has 5 aromatic rings. The van der Waals surface area contributed by atoms with E-state index in [9.17, 15) is 0 Å². The normalized spacial score (nSPS) is 22.1. The van der Waals surface area contributed by atoms with E-state index in [0.717, 1.165) is 16.4 Å². The summed E-state index contributed by atoms with van der Waals surface area (Å²) in [7, 11) is 0. The summed E-state index contributed by atoms with van der Waals surface area (Å²) < 4.78 is 0. The molecule has 0 aromatic heterocycles. The largest absolute Gasteiger partial charge is 0.310 e. The van der Waals surface area contributed by atoms with Crippen LogP contribution in [0.25, 0.3) is 0 Å². The van der Waals surface area contributed by atoms with E-state index < -0.39 is 0 Å². The zero-order chi connectivity index (χ0) is 47.1. The van der Waals surface area contributed by atoms with Gasteiger partial charge in [0.1, 0.15) is 0 Å². The monoisotopic (exact) mass is 887 g/mol. The van der Waals surface area contributed by atoms with Gasteiger partial charge in [-0.25, -0.2) is 0 Å².